The molecule has 120 valence electrons. The van der Waals surface area contributed by atoms with E-state index in [2.05, 4.69) is 5.32 Å². The third-order valence-corrected chi connectivity index (χ3v) is 4.34. The molecule has 2 saturated heterocycles. The predicted octanol–water partition coefficient (Wildman–Crippen LogP) is -0.117. The predicted molar refractivity (Wildman–Crippen MR) is 79.3 cm³/mol. The summed E-state index contributed by atoms with van der Waals surface area (Å²) in [7, 11) is 0. The molecule has 7 nitrogen and oxygen atoms in total. The Morgan fingerprint density at radius 3 is 2.33 bits per heavy atom. The highest BCUT2D eigenvalue weighted by Gasteiger charge is 2.29. The van der Waals surface area contributed by atoms with Crippen LogP contribution in [0.2, 0.25) is 0 Å². The molecule has 2 rings (SSSR count). The summed E-state index contributed by atoms with van der Waals surface area (Å²) in [6, 6.07) is 0.445. The molecule has 2 N–H and O–H groups in total. The lowest BCUT2D eigenvalue weighted by atomic mass is 10.1. The van der Waals surface area contributed by atoms with Crippen LogP contribution in [0.1, 0.15) is 19.8 Å². The topological polar surface area (TPSA) is 76.1 Å². The van der Waals surface area contributed by atoms with Crippen molar-refractivity contribution in [3.63, 3.8) is 0 Å². The Labute approximate surface area is 125 Å². The van der Waals surface area contributed by atoms with Crippen LogP contribution >= 0.6 is 0 Å². The van der Waals surface area contributed by atoms with Crippen LogP contribution in [0.5, 0.6) is 0 Å². The van der Waals surface area contributed by atoms with Gasteiger partial charge in [-0.25, -0.2) is 4.79 Å². The molecule has 0 aromatic heterocycles. The van der Waals surface area contributed by atoms with Gasteiger partial charge in [0.05, 0.1) is 6.54 Å². The molecule has 2 heterocycles. The van der Waals surface area contributed by atoms with Gasteiger partial charge in [0.2, 0.25) is 0 Å². The van der Waals surface area contributed by atoms with Crippen molar-refractivity contribution in [2.24, 2.45) is 0 Å². The number of carbonyl (C=O) groups is 2. The first kappa shape index (κ1) is 16.0. The van der Waals surface area contributed by atoms with Gasteiger partial charge in [-0.1, -0.05) is 0 Å². The molecule has 0 spiro atoms. The van der Waals surface area contributed by atoms with Crippen LogP contribution in [0.3, 0.4) is 0 Å². The minimum absolute atomic E-state index is 0.0633. The molecule has 2 aliphatic rings. The minimum atomic E-state index is -0.806. The number of carboxylic acid groups (broad SMARTS) is 1. The van der Waals surface area contributed by atoms with E-state index in [4.69, 9.17) is 5.11 Å². The van der Waals surface area contributed by atoms with E-state index in [1.54, 1.807) is 0 Å². The van der Waals surface area contributed by atoms with Crippen molar-refractivity contribution < 1.29 is 14.7 Å². The maximum Gasteiger partial charge on any atom is 0.320 e. The summed E-state index contributed by atoms with van der Waals surface area (Å²) in [5, 5.41) is 12.1. The van der Waals surface area contributed by atoms with Gasteiger partial charge in [-0.05, 0) is 32.9 Å². The van der Waals surface area contributed by atoms with Crippen molar-refractivity contribution in [2.75, 3.05) is 52.4 Å². The summed E-state index contributed by atoms with van der Waals surface area (Å²) in [6.45, 7) is 7.29. The van der Waals surface area contributed by atoms with E-state index in [-0.39, 0.29) is 12.6 Å². The molecule has 0 aromatic rings. The van der Waals surface area contributed by atoms with Gasteiger partial charge in [0.25, 0.3) is 0 Å². The number of nitrogens with zero attached hydrogens (tertiary/aromatic N) is 3. The fourth-order valence-corrected chi connectivity index (χ4v) is 3.14. The second-order valence-corrected chi connectivity index (χ2v) is 5.71. The molecule has 2 fully saturated rings. The molecule has 0 unspecified atom stereocenters. The van der Waals surface area contributed by atoms with Gasteiger partial charge in [0, 0.05) is 38.8 Å². The van der Waals surface area contributed by atoms with Crippen LogP contribution in [-0.4, -0.2) is 90.2 Å². The standard InChI is InChI=1S/C14H26N4O3/c1-2-18(12-3-5-15-6-4-12)14(21)17-9-7-16(8-10-17)11-13(19)20/h12,15H,2-11H2,1H3,(H,19,20). The molecular formula is C14H26N4O3. The molecule has 2 aliphatic heterocycles. The quantitative estimate of drug-likeness (QED) is 0.757. The van der Waals surface area contributed by atoms with E-state index < -0.39 is 5.97 Å². The number of carboxylic acids is 1. The fourth-order valence-electron chi connectivity index (χ4n) is 3.14. The number of amides is 2. The normalized spacial score (nSPS) is 21.3. The van der Waals surface area contributed by atoms with E-state index in [0.717, 1.165) is 32.5 Å². The van der Waals surface area contributed by atoms with Crippen molar-refractivity contribution in [1.82, 2.24) is 20.0 Å². The average molecular weight is 298 g/mol. The molecule has 7 heteroatoms. The van der Waals surface area contributed by atoms with Crippen molar-refractivity contribution in [3.8, 4) is 0 Å². The van der Waals surface area contributed by atoms with E-state index in [9.17, 15) is 9.59 Å². The van der Waals surface area contributed by atoms with Crippen LogP contribution < -0.4 is 5.32 Å². The summed E-state index contributed by atoms with van der Waals surface area (Å²) < 4.78 is 0. The summed E-state index contributed by atoms with van der Waals surface area (Å²) in [5.41, 5.74) is 0. The second kappa shape index (κ2) is 7.61. The van der Waals surface area contributed by atoms with Crippen molar-refractivity contribution >= 4 is 12.0 Å². The highest BCUT2D eigenvalue weighted by Crippen LogP contribution is 2.15. The Morgan fingerprint density at radius 1 is 1.19 bits per heavy atom. The van der Waals surface area contributed by atoms with E-state index in [1.165, 1.54) is 0 Å². The summed E-state index contributed by atoms with van der Waals surface area (Å²) in [6.07, 6.45) is 2.02. The monoisotopic (exact) mass is 298 g/mol. The Morgan fingerprint density at radius 2 is 1.81 bits per heavy atom. The number of carbonyl (C=O) groups excluding carboxylic acids is 1. The SMILES string of the molecule is CCN(C(=O)N1CCN(CC(=O)O)CC1)C1CCNCC1. The average Bonchev–Trinajstić information content (AvgIpc) is 2.49. The zero-order valence-electron chi connectivity index (χ0n) is 12.8. The first-order chi connectivity index (χ1) is 10.1. The zero-order chi connectivity index (χ0) is 15.2. The van der Waals surface area contributed by atoms with Crippen LogP contribution in [0.25, 0.3) is 0 Å². The molecule has 0 atom stereocenters. The molecule has 0 aromatic carbocycles. The zero-order valence-corrected chi connectivity index (χ0v) is 12.8. The van der Waals surface area contributed by atoms with Crippen molar-refractivity contribution in [3.05, 3.63) is 0 Å². The lowest BCUT2D eigenvalue weighted by Crippen LogP contribution is -2.56. The van der Waals surface area contributed by atoms with E-state index in [1.807, 2.05) is 21.6 Å². The van der Waals surface area contributed by atoms with Crippen LogP contribution in [0.4, 0.5) is 4.79 Å². The van der Waals surface area contributed by atoms with Crippen LogP contribution in [0.15, 0.2) is 0 Å². The van der Waals surface area contributed by atoms with Crippen LogP contribution in [-0.2, 0) is 4.79 Å². The van der Waals surface area contributed by atoms with Gasteiger partial charge >= 0.3 is 12.0 Å². The lowest BCUT2D eigenvalue weighted by molar-refractivity contribution is -0.138. The maximum absolute atomic E-state index is 12.7. The maximum atomic E-state index is 12.7. The highest BCUT2D eigenvalue weighted by molar-refractivity contribution is 5.75. The van der Waals surface area contributed by atoms with E-state index >= 15 is 0 Å². The number of rotatable bonds is 4. The first-order valence-electron chi connectivity index (χ1n) is 7.82. The van der Waals surface area contributed by atoms with Crippen molar-refractivity contribution in [2.45, 2.75) is 25.8 Å². The molecule has 0 radical (unpaired) electrons. The number of piperazine rings is 1. The smallest absolute Gasteiger partial charge is 0.320 e. The number of urea groups is 1. The molecule has 21 heavy (non-hydrogen) atoms. The molecule has 0 bridgehead atoms. The first-order valence-corrected chi connectivity index (χ1v) is 7.82. The summed E-state index contributed by atoms with van der Waals surface area (Å²) >= 11 is 0. The number of piperidine rings is 1. The van der Waals surface area contributed by atoms with Gasteiger partial charge in [-0.2, -0.15) is 0 Å². The Hall–Kier alpha value is -1.34. The Kier molecular flexibility index (Phi) is 5.81. The Balaban J connectivity index is 1.85. The largest absolute Gasteiger partial charge is 0.480 e. The number of hydrogen-bond donors (Lipinski definition) is 2. The fraction of sp³-hybridized carbons (Fsp3) is 0.857. The van der Waals surface area contributed by atoms with Gasteiger partial charge in [0.15, 0.2) is 0 Å². The molecule has 0 aliphatic carbocycles. The van der Waals surface area contributed by atoms with Gasteiger partial charge in [-0.3, -0.25) is 9.69 Å². The third-order valence-electron chi connectivity index (χ3n) is 4.34. The second-order valence-electron chi connectivity index (χ2n) is 5.71. The van der Waals surface area contributed by atoms with Gasteiger partial charge in [-0.15, -0.1) is 0 Å². The summed E-state index contributed by atoms with van der Waals surface area (Å²) in [5.74, 6) is -0.806. The van der Waals surface area contributed by atoms with E-state index in [0.29, 0.717) is 32.2 Å². The number of nitrogens with one attached hydrogen (secondary N) is 1. The highest BCUT2D eigenvalue weighted by atomic mass is 16.4. The van der Waals surface area contributed by atoms with Gasteiger partial charge < -0.3 is 20.2 Å². The van der Waals surface area contributed by atoms with Crippen molar-refractivity contribution in [1.29, 1.82) is 0 Å². The molecule has 0 saturated carbocycles. The summed E-state index contributed by atoms with van der Waals surface area (Å²) in [4.78, 5) is 29.1. The number of aliphatic carboxylic acids is 1. The Bertz CT molecular complexity index is 363. The van der Waals surface area contributed by atoms with Crippen LogP contribution in [0, 0.1) is 0 Å². The molecular weight excluding hydrogens is 272 g/mol. The van der Waals surface area contributed by atoms with Gasteiger partial charge in [0.1, 0.15) is 0 Å². The number of hydrogen-bond acceptors (Lipinski definition) is 4. The minimum Gasteiger partial charge on any atom is -0.480 e. The third kappa shape index (κ3) is 4.31. The lowest BCUT2D eigenvalue weighted by Gasteiger charge is -2.40. The molecule has 2 amide bonds.